The Morgan fingerprint density at radius 2 is 2.19 bits per heavy atom. The van der Waals surface area contributed by atoms with Gasteiger partial charge in [-0.1, -0.05) is 11.6 Å². The second-order valence-electron chi connectivity index (χ2n) is 4.45. The van der Waals surface area contributed by atoms with Crippen LogP contribution in [0.1, 0.15) is 19.9 Å². The quantitative estimate of drug-likeness (QED) is 0.856. The van der Waals surface area contributed by atoms with E-state index in [1.54, 1.807) is 6.07 Å². The molecule has 21 heavy (non-hydrogen) atoms. The number of rotatable bonds is 6. The molecule has 2 aromatic rings. The summed E-state index contributed by atoms with van der Waals surface area (Å²) in [7, 11) is 0. The largest absolute Gasteiger partial charge is 0.396 e. The zero-order valence-corrected chi connectivity index (χ0v) is 11.9. The van der Waals surface area contributed by atoms with Crippen molar-refractivity contribution in [3.63, 3.8) is 0 Å². The van der Waals surface area contributed by atoms with E-state index in [0.29, 0.717) is 22.5 Å². The molecule has 0 amide bonds. The highest BCUT2D eigenvalue weighted by molar-refractivity contribution is 6.29. The molecule has 0 fully saturated rings. The highest BCUT2D eigenvalue weighted by Gasteiger charge is 2.16. The first kappa shape index (κ1) is 15.6. The Balaban J connectivity index is 2.33. The van der Waals surface area contributed by atoms with Crippen LogP contribution in [0, 0.1) is 0 Å². The lowest BCUT2D eigenvalue weighted by atomic mass is 10.2. The Labute approximate surface area is 124 Å². The van der Waals surface area contributed by atoms with Crippen LogP contribution in [0.3, 0.4) is 0 Å². The number of hydrogen-bond donors (Lipinski definition) is 2. The van der Waals surface area contributed by atoms with Crippen molar-refractivity contribution < 1.29 is 13.9 Å². The first-order chi connectivity index (χ1) is 10.0. The number of hydrogen-bond acceptors (Lipinski definition) is 5. The van der Waals surface area contributed by atoms with E-state index >= 15 is 0 Å². The predicted molar refractivity (Wildman–Crippen MR) is 74.3 cm³/mol. The van der Waals surface area contributed by atoms with Gasteiger partial charge in [0.25, 0.3) is 0 Å². The number of alkyl halides is 2. The van der Waals surface area contributed by atoms with Crippen molar-refractivity contribution in [2.24, 2.45) is 0 Å². The molecule has 0 aromatic carbocycles. The van der Waals surface area contributed by atoms with Crippen molar-refractivity contribution in [3.05, 3.63) is 23.5 Å². The molecule has 0 bridgehead atoms. The van der Waals surface area contributed by atoms with Crippen LogP contribution >= 0.6 is 11.6 Å². The molecule has 6 nitrogen and oxygen atoms in total. The molecule has 0 unspecified atom stereocenters. The number of aromatic nitrogens is 4. The lowest BCUT2D eigenvalue weighted by Gasteiger charge is -2.15. The Morgan fingerprint density at radius 3 is 2.81 bits per heavy atom. The normalized spacial score (nSPS) is 12.7. The zero-order chi connectivity index (χ0) is 15.4. The van der Waals surface area contributed by atoms with Gasteiger partial charge < -0.3 is 10.4 Å². The maximum Gasteiger partial charge on any atom is 0.333 e. The minimum absolute atomic E-state index is 0.0236. The third kappa shape index (κ3) is 3.85. The molecule has 0 aliphatic carbocycles. The number of aliphatic hydroxyl groups excluding tert-OH is 1. The minimum Gasteiger partial charge on any atom is -0.396 e. The molecule has 0 aliphatic rings. The maximum absolute atomic E-state index is 12.6. The molecule has 0 aliphatic heterocycles. The van der Waals surface area contributed by atoms with E-state index in [2.05, 4.69) is 20.6 Å². The third-order valence-corrected chi connectivity index (χ3v) is 2.96. The van der Waals surface area contributed by atoms with E-state index in [1.165, 1.54) is 6.07 Å². The lowest BCUT2D eigenvalue weighted by Crippen LogP contribution is -2.17. The number of anilines is 1. The van der Waals surface area contributed by atoms with Crippen LogP contribution in [-0.2, 0) is 0 Å². The van der Waals surface area contributed by atoms with E-state index in [9.17, 15) is 8.78 Å². The molecule has 0 saturated heterocycles. The van der Waals surface area contributed by atoms with E-state index in [-0.39, 0.29) is 23.5 Å². The summed E-state index contributed by atoms with van der Waals surface area (Å²) in [6, 6.07) is 2.91. The fourth-order valence-corrected chi connectivity index (χ4v) is 1.92. The maximum atomic E-state index is 12.6. The number of halogens is 3. The van der Waals surface area contributed by atoms with Crippen LogP contribution in [0.5, 0.6) is 0 Å². The number of nitrogens with zero attached hydrogens (tertiary/aromatic N) is 4. The summed E-state index contributed by atoms with van der Waals surface area (Å²) in [4.78, 5) is 0. The van der Waals surface area contributed by atoms with Gasteiger partial charge in [-0.25, -0.2) is 4.68 Å². The first-order valence-electron chi connectivity index (χ1n) is 6.25. The zero-order valence-electron chi connectivity index (χ0n) is 11.2. The summed E-state index contributed by atoms with van der Waals surface area (Å²) < 4.78 is 25.7. The van der Waals surface area contributed by atoms with Crippen molar-refractivity contribution in [2.45, 2.75) is 25.9 Å². The van der Waals surface area contributed by atoms with Crippen LogP contribution in [0.2, 0.25) is 5.15 Å². The van der Waals surface area contributed by atoms with E-state index in [1.807, 2.05) is 6.92 Å². The molecule has 9 heteroatoms. The van der Waals surface area contributed by atoms with Gasteiger partial charge in [0.2, 0.25) is 0 Å². The molecule has 2 heterocycles. The van der Waals surface area contributed by atoms with Gasteiger partial charge in [0.15, 0.2) is 5.15 Å². The van der Waals surface area contributed by atoms with E-state index in [4.69, 9.17) is 16.7 Å². The molecule has 2 aromatic heterocycles. The molecular weight excluding hydrogens is 304 g/mol. The molecule has 0 spiro atoms. The van der Waals surface area contributed by atoms with Gasteiger partial charge in [0.05, 0.1) is 5.69 Å². The molecule has 0 saturated carbocycles. The van der Waals surface area contributed by atoms with Crippen molar-refractivity contribution in [2.75, 3.05) is 11.9 Å². The van der Waals surface area contributed by atoms with Crippen molar-refractivity contribution >= 4 is 17.3 Å². The summed E-state index contributed by atoms with van der Waals surface area (Å²) >= 11 is 5.81. The van der Waals surface area contributed by atoms with Gasteiger partial charge in [-0.15, -0.1) is 10.2 Å². The van der Waals surface area contributed by atoms with E-state index in [0.717, 1.165) is 6.20 Å². The van der Waals surface area contributed by atoms with Crippen LogP contribution in [0.25, 0.3) is 11.4 Å². The second kappa shape index (κ2) is 6.77. The SMILES string of the molecule is C[C@@H](CCO)Nc1cc(Cl)nnc1-c1ccn(C(F)F)n1. The number of aliphatic hydroxyl groups is 1. The average Bonchev–Trinajstić information content (AvgIpc) is 2.88. The average molecular weight is 318 g/mol. The Morgan fingerprint density at radius 1 is 1.43 bits per heavy atom. The summed E-state index contributed by atoms with van der Waals surface area (Å²) in [5.74, 6) is 0. The van der Waals surface area contributed by atoms with Gasteiger partial charge in [-0.3, -0.25) is 0 Å². The van der Waals surface area contributed by atoms with Gasteiger partial charge in [-0.2, -0.15) is 13.9 Å². The fraction of sp³-hybridized carbons (Fsp3) is 0.417. The van der Waals surface area contributed by atoms with Gasteiger partial charge in [-0.05, 0) is 19.4 Å². The monoisotopic (exact) mass is 317 g/mol. The molecule has 2 N–H and O–H groups in total. The number of nitrogens with one attached hydrogen (secondary N) is 1. The smallest absolute Gasteiger partial charge is 0.333 e. The first-order valence-corrected chi connectivity index (χ1v) is 6.63. The second-order valence-corrected chi connectivity index (χ2v) is 4.83. The van der Waals surface area contributed by atoms with E-state index < -0.39 is 6.55 Å². The Kier molecular flexibility index (Phi) is 5.03. The summed E-state index contributed by atoms with van der Waals surface area (Å²) in [5.41, 5.74) is 1.11. The van der Waals surface area contributed by atoms with Gasteiger partial charge >= 0.3 is 6.55 Å². The lowest BCUT2D eigenvalue weighted by molar-refractivity contribution is 0.0568. The topological polar surface area (TPSA) is 75.9 Å². The third-order valence-electron chi connectivity index (χ3n) is 2.78. The highest BCUT2D eigenvalue weighted by Crippen LogP contribution is 2.27. The minimum atomic E-state index is -2.72. The van der Waals surface area contributed by atoms with Crippen LogP contribution in [0.4, 0.5) is 14.5 Å². The Hall–Kier alpha value is -1.80. The van der Waals surface area contributed by atoms with Gasteiger partial charge in [0, 0.05) is 24.9 Å². The van der Waals surface area contributed by atoms with Crippen molar-refractivity contribution in [3.8, 4) is 11.4 Å². The molecule has 2 rings (SSSR count). The fourth-order valence-electron chi connectivity index (χ4n) is 1.77. The van der Waals surface area contributed by atoms with Crippen LogP contribution in [-0.4, -0.2) is 37.7 Å². The summed E-state index contributed by atoms with van der Waals surface area (Å²) in [6.07, 6.45) is 1.68. The Bertz CT molecular complexity index is 607. The molecular formula is C12H14ClF2N5O. The van der Waals surface area contributed by atoms with Crippen molar-refractivity contribution in [1.82, 2.24) is 20.0 Å². The molecule has 1 atom stereocenters. The van der Waals surface area contributed by atoms with Gasteiger partial charge in [0.1, 0.15) is 11.4 Å². The van der Waals surface area contributed by atoms with Crippen LogP contribution in [0.15, 0.2) is 18.3 Å². The molecule has 0 radical (unpaired) electrons. The molecule has 114 valence electrons. The van der Waals surface area contributed by atoms with Crippen LogP contribution < -0.4 is 5.32 Å². The predicted octanol–water partition coefficient (Wildman–Crippen LogP) is 2.57. The summed E-state index contributed by atoms with van der Waals surface area (Å²) in [5, 5.41) is 23.6. The van der Waals surface area contributed by atoms with Crippen molar-refractivity contribution in [1.29, 1.82) is 0 Å². The summed E-state index contributed by atoms with van der Waals surface area (Å²) in [6.45, 7) is -0.828. The highest BCUT2D eigenvalue weighted by atomic mass is 35.5. The standard InChI is InChI=1S/C12H14ClF2N5O/c1-7(3-5-21)16-9-6-10(13)17-18-11(9)8-2-4-20(19-8)12(14)15/h2,4,6-7,12,21H,3,5H2,1H3,(H,16,17)/t7-/m0/s1.